The number of carbonyl (C=O) groups is 1. The number of carbonyl (C=O) groups excluding carboxylic acids is 1. The number of hydrogen-bond acceptors (Lipinski definition) is 4. The van der Waals surface area contributed by atoms with Gasteiger partial charge in [0.1, 0.15) is 10.2 Å². The summed E-state index contributed by atoms with van der Waals surface area (Å²) < 4.78 is 10.1. The fraction of sp³-hybridized carbons (Fsp3) is 0.0667. The molecular formula is C15H11BrO4. The highest BCUT2D eigenvalue weighted by molar-refractivity contribution is 9.10. The summed E-state index contributed by atoms with van der Waals surface area (Å²) in [4.78, 5) is 22.8. The van der Waals surface area contributed by atoms with Gasteiger partial charge in [-0.15, -0.1) is 0 Å². The van der Waals surface area contributed by atoms with E-state index in [1.165, 1.54) is 13.2 Å². The van der Waals surface area contributed by atoms with Crippen molar-refractivity contribution in [3.05, 3.63) is 62.9 Å². The Balaban J connectivity index is 2.55. The van der Waals surface area contributed by atoms with Gasteiger partial charge in [0, 0.05) is 17.2 Å². The smallest absolute Gasteiger partial charge is 0.350 e. The average Bonchev–Trinajstić information content (AvgIpc) is 2.48. The van der Waals surface area contributed by atoms with Crippen molar-refractivity contribution >= 4 is 28.0 Å². The number of benzene rings is 1. The lowest BCUT2D eigenvalue weighted by Crippen LogP contribution is -2.02. The maximum atomic E-state index is 11.6. The lowest BCUT2D eigenvalue weighted by atomic mass is 10.1. The Kier molecular flexibility index (Phi) is 4.53. The van der Waals surface area contributed by atoms with Gasteiger partial charge in [0.15, 0.2) is 0 Å². The zero-order chi connectivity index (χ0) is 14.5. The summed E-state index contributed by atoms with van der Waals surface area (Å²) in [5.74, 6) is -0.0784. The van der Waals surface area contributed by atoms with E-state index in [0.29, 0.717) is 15.8 Å². The third-order valence-electron chi connectivity index (χ3n) is 2.57. The predicted octanol–water partition coefficient (Wildman–Crippen LogP) is 3.26. The van der Waals surface area contributed by atoms with Crippen LogP contribution in [0.25, 0.3) is 17.4 Å². The van der Waals surface area contributed by atoms with Crippen LogP contribution in [0.4, 0.5) is 0 Å². The van der Waals surface area contributed by atoms with Crippen molar-refractivity contribution in [3.63, 3.8) is 0 Å². The van der Waals surface area contributed by atoms with E-state index in [2.05, 4.69) is 20.7 Å². The predicted molar refractivity (Wildman–Crippen MR) is 79.2 cm³/mol. The molecule has 4 nitrogen and oxygen atoms in total. The normalized spacial score (nSPS) is 10.7. The van der Waals surface area contributed by atoms with E-state index in [4.69, 9.17) is 4.42 Å². The zero-order valence-electron chi connectivity index (χ0n) is 10.6. The molecule has 0 bridgehead atoms. The molecule has 1 heterocycles. The second-order valence-electron chi connectivity index (χ2n) is 3.89. The van der Waals surface area contributed by atoms with E-state index >= 15 is 0 Å². The van der Waals surface area contributed by atoms with E-state index in [0.717, 1.165) is 5.56 Å². The lowest BCUT2D eigenvalue weighted by molar-refractivity contribution is -0.134. The summed E-state index contributed by atoms with van der Waals surface area (Å²) in [6.45, 7) is 0. The van der Waals surface area contributed by atoms with Gasteiger partial charge < -0.3 is 9.15 Å². The highest BCUT2D eigenvalue weighted by atomic mass is 79.9. The zero-order valence-corrected chi connectivity index (χ0v) is 12.2. The minimum Gasteiger partial charge on any atom is -0.466 e. The van der Waals surface area contributed by atoms with Crippen LogP contribution in [0.5, 0.6) is 0 Å². The van der Waals surface area contributed by atoms with Gasteiger partial charge in [-0.05, 0) is 28.1 Å². The van der Waals surface area contributed by atoms with Crippen LogP contribution in [0.3, 0.4) is 0 Å². The van der Waals surface area contributed by atoms with E-state index < -0.39 is 11.6 Å². The van der Waals surface area contributed by atoms with Crippen molar-refractivity contribution in [1.82, 2.24) is 0 Å². The first-order chi connectivity index (χ1) is 9.61. The summed E-state index contributed by atoms with van der Waals surface area (Å²) >= 11 is 3.12. The van der Waals surface area contributed by atoms with Crippen molar-refractivity contribution in [2.45, 2.75) is 0 Å². The van der Waals surface area contributed by atoms with E-state index in [-0.39, 0.29) is 0 Å². The van der Waals surface area contributed by atoms with Crippen molar-refractivity contribution in [2.24, 2.45) is 0 Å². The van der Waals surface area contributed by atoms with Gasteiger partial charge in [0.2, 0.25) is 0 Å². The van der Waals surface area contributed by atoms with Gasteiger partial charge in [0.05, 0.1) is 7.11 Å². The van der Waals surface area contributed by atoms with Crippen LogP contribution in [0.2, 0.25) is 0 Å². The van der Waals surface area contributed by atoms with Crippen molar-refractivity contribution in [2.75, 3.05) is 7.11 Å². The summed E-state index contributed by atoms with van der Waals surface area (Å²) in [6.07, 6.45) is 2.82. The molecule has 0 saturated heterocycles. The van der Waals surface area contributed by atoms with Crippen molar-refractivity contribution < 1.29 is 13.9 Å². The first-order valence-corrected chi connectivity index (χ1v) is 6.56. The Labute approximate surface area is 123 Å². The Bertz CT molecular complexity index is 702. The van der Waals surface area contributed by atoms with Gasteiger partial charge in [0.25, 0.3) is 0 Å². The molecule has 0 saturated carbocycles. The quantitative estimate of drug-likeness (QED) is 0.638. The van der Waals surface area contributed by atoms with Crippen LogP contribution in [-0.4, -0.2) is 13.1 Å². The van der Waals surface area contributed by atoms with Crippen LogP contribution in [-0.2, 0) is 9.53 Å². The Morgan fingerprint density at radius 2 is 2.00 bits per heavy atom. The fourth-order valence-corrected chi connectivity index (χ4v) is 1.95. The molecule has 1 aromatic heterocycles. The molecule has 0 aliphatic rings. The number of esters is 1. The molecule has 1 aromatic carbocycles. The molecular weight excluding hydrogens is 324 g/mol. The molecule has 2 rings (SSSR count). The van der Waals surface area contributed by atoms with Crippen LogP contribution >= 0.6 is 15.9 Å². The molecule has 0 unspecified atom stereocenters. The second kappa shape index (κ2) is 6.34. The molecule has 0 radical (unpaired) electrons. The topological polar surface area (TPSA) is 56.5 Å². The average molecular weight is 335 g/mol. The maximum Gasteiger partial charge on any atom is 0.350 e. The minimum absolute atomic E-state index is 0.293. The summed E-state index contributed by atoms with van der Waals surface area (Å²) in [5.41, 5.74) is 0.883. The van der Waals surface area contributed by atoms with Crippen LogP contribution in [0, 0.1) is 0 Å². The number of methoxy groups -OCH3 is 1. The Morgan fingerprint density at radius 1 is 1.30 bits per heavy atom. The molecule has 0 fully saturated rings. The summed E-state index contributed by atoms with van der Waals surface area (Å²) in [7, 11) is 1.30. The standard InChI is InChI=1S/C15H11BrO4/c1-19-13(17)8-7-11-9-12(16)15(18)20-14(11)10-5-3-2-4-6-10/h2-9H,1H3/b8-7+. The number of rotatable bonds is 3. The number of halogens is 1. The summed E-state index contributed by atoms with van der Waals surface area (Å²) in [6, 6.07) is 10.8. The third-order valence-corrected chi connectivity index (χ3v) is 3.12. The Morgan fingerprint density at radius 3 is 2.65 bits per heavy atom. The first kappa shape index (κ1) is 14.3. The monoisotopic (exact) mass is 334 g/mol. The van der Waals surface area contributed by atoms with Gasteiger partial charge in [-0.2, -0.15) is 0 Å². The number of ether oxygens (including phenoxy) is 1. The van der Waals surface area contributed by atoms with Gasteiger partial charge >= 0.3 is 11.6 Å². The molecule has 0 aliphatic heterocycles. The third kappa shape index (κ3) is 3.24. The second-order valence-corrected chi connectivity index (χ2v) is 4.74. The molecule has 2 aromatic rings. The minimum atomic E-state index is -0.480. The van der Waals surface area contributed by atoms with Crippen LogP contribution in [0.1, 0.15) is 5.56 Å². The molecule has 5 heteroatoms. The van der Waals surface area contributed by atoms with Crippen LogP contribution in [0.15, 0.2) is 56.2 Å². The molecule has 0 N–H and O–H groups in total. The van der Waals surface area contributed by atoms with Gasteiger partial charge in [-0.3, -0.25) is 0 Å². The van der Waals surface area contributed by atoms with Gasteiger partial charge in [-0.25, -0.2) is 9.59 Å². The van der Waals surface area contributed by atoms with E-state index in [9.17, 15) is 9.59 Å². The first-order valence-electron chi connectivity index (χ1n) is 5.77. The molecule has 0 atom stereocenters. The highest BCUT2D eigenvalue weighted by Gasteiger charge is 2.10. The van der Waals surface area contributed by atoms with Crippen LogP contribution < -0.4 is 5.63 Å². The number of hydrogen-bond donors (Lipinski definition) is 0. The van der Waals surface area contributed by atoms with E-state index in [1.807, 2.05) is 30.3 Å². The molecule has 0 amide bonds. The Hall–Kier alpha value is -2.14. The SMILES string of the molecule is COC(=O)/C=C/c1cc(Br)c(=O)oc1-c1ccccc1. The molecule has 20 heavy (non-hydrogen) atoms. The molecule has 102 valence electrons. The van der Waals surface area contributed by atoms with E-state index in [1.54, 1.807) is 12.1 Å². The summed E-state index contributed by atoms with van der Waals surface area (Å²) in [5, 5.41) is 0. The molecule has 0 spiro atoms. The van der Waals surface area contributed by atoms with Gasteiger partial charge in [-0.1, -0.05) is 30.3 Å². The fourth-order valence-electron chi connectivity index (χ4n) is 1.63. The maximum absolute atomic E-state index is 11.6. The highest BCUT2D eigenvalue weighted by Crippen LogP contribution is 2.25. The van der Waals surface area contributed by atoms with Crippen molar-refractivity contribution in [3.8, 4) is 11.3 Å². The van der Waals surface area contributed by atoms with Crippen molar-refractivity contribution in [1.29, 1.82) is 0 Å². The largest absolute Gasteiger partial charge is 0.466 e. The molecule has 0 aliphatic carbocycles. The lowest BCUT2D eigenvalue weighted by Gasteiger charge is -2.05.